The van der Waals surface area contributed by atoms with Crippen LogP contribution in [0.2, 0.25) is 0 Å². The van der Waals surface area contributed by atoms with Crippen molar-refractivity contribution in [2.24, 2.45) is 0 Å². The van der Waals surface area contributed by atoms with Gasteiger partial charge >= 0.3 is 5.97 Å². The molecule has 2 rings (SSSR count). The van der Waals surface area contributed by atoms with Gasteiger partial charge in [0.15, 0.2) is 0 Å². The minimum atomic E-state index is -0.728. The highest BCUT2D eigenvalue weighted by atomic mass is 32.2. The lowest BCUT2D eigenvalue weighted by Gasteiger charge is -2.46. The molecule has 1 spiro atoms. The molecule has 2 aliphatic rings. The molecule has 0 radical (unpaired) electrons. The zero-order chi connectivity index (χ0) is 15.3. The summed E-state index contributed by atoms with van der Waals surface area (Å²) in [6, 6.07) is 0.345. The molecule has 122 valence electrons. The van der Waals surface area contributed by atoms with Crippen LogP contribution < -0.4 is 0 Å². The molecule has 0 aromatic carbocycles. The molecule has 2 heterocycles. The minimum Gasteiger partial charge on any atom is -0.480 e. The van der Waals surface area contributed by atoms with Gasteiger partial charge < -0.3 is 14.7 Å². The summed E-state index contributed by atoms with van der Waals surface area (Å²) in [5, 5.41) is 9.19. The molecular weight excluding hydrogens is 288 g/mol. The van der Waals surface area contributed by atoms with Crippen molar-refractivity contribution in [1.29, 1.82) is 0 Å². The summed E-state index contributed by atoms with van der Waals surface area (Å²) in [6.07, 6.45) is 4.18. The molecule has 2 fully saturated rings. The third kappa shape index (κ3) is 5.13. The highest BCUT2D eigenvalue weighted by Crippen LogP contribution is 2.38. The van der Waals surface area contributed by atoms with Gasteiger partial charge in [-0.25, -0.2) is 0 Å². The summed E-state index contributed by atoms with van der Waals surface area (Å²) in [5.41, 5.74) is 0.0169. The van der Waals surface area contributed by atoms with Crippen molar-refractivity contribution in [3.63, 3.8) is 0 Å². The number of aliphatic carboxylic acids is 1. The van der Waals surface area contributed by atoms with E-state index >= 15 is 0 Å². The van der Waals surface area contributed by atoms with Gasteiger partial charge in [0.2, 0.25) is 0 Å². The van der Waals surface area contributed by atoms with Crippen LogP contribution in [0, 0.1) is 0 Å². The molecular formula is C15H28N2O3S. The van der Waals surface area contributed by atoms with E-state index < -0.39 is 5.97 Å². The molecule has 0 aromatic rings. The van der Waals surface area contributed by atoms with E-state index in [1.54, 1.807) is 0 Å². The van der Waals surface area contributed by atoms with Gasteiger partial charge in [-0.15, -0.1) is 0 Å². The second-order valence-corrected chi connectivity index (χ2v) is 7.68. The van der Waals surface area contributed by atoms with Gasteiger partial charge in [0.05, 0.1) is 12.1 Å². The summed E-state index contributed by atoms with van der Waals surface area (Å²) in [4.78, 5) is 15.4. The normalized spacial score (nSPS) is 25.6. The van der Waals surface area contributed by atoms with E-state index in [0.717, 1.165) is 45.4 Å². The molecule has 0 aliphatic carbocycles. The van der Waals surface area contributed by atoms with Crippen molar-refractivity contribution in [1.82, 2.24) is 9.80 Å². The Labute approximate surface area is 132 Å². The van der Waals surface area contributed by atoms with Crippen molar-refractivity contribution in [3.8, 4) is 0 Å². The van der Waals surface area contributed by atoms with Crippen molar-refractivity contribution in [2.45, 2.75) is 37.3 Å². The largest absolute Gasteiger partial charge is 0.480 e. The average molecular weight is 316 g/mol. The fourth-order valence-corrected chi connectivity index (χ4v) is 4.54. The van der Waals surface area contributed by atoms with Crippen molar-refractivity contribution in [3.05, 3.63) is 0 Å². The highest BCUT2D eigenvalue weighted by molar-refractivity contribution is 7.99. The van der Waals surface area contributed by atoms with Gasteiger partial charge in [0.1, 0.15) is 0 Å². The molecule has 0 amide bonds. The van der Waals surface area contributed by atoms with Gasteiger partial charge in [-0.2, -0.15) is 11.8 Å². The topological polar surface area (TPSA) is 53.0 Å². The van der Waals surface area contributed by atoms with Gasteiger partial charge in [-0.05, 0) is 51.3 Å². The quantitative estimate of drug-likeness (QED) is 0.799. The van der Waals surface area contributed by atoms with Crippen molar-refractivity contribution in [2.75, 3.05) is 51.8 Å². The van der Waals surface area contributed by atoms with Crippen LogP contribution in [-0.4, -0.2) is 84.4 Å². The van der Waals surface area contributed by atoms with E-state index in [9.17, 15) is 9.90 Å². The fourth-order valence-electron chi connectivity index (χ4n) is 3.30. The second kappa shape index (κ2) is 7.81. The Kier molecular flexibility index (Phi) is 6.34. The summed E-state index contributed by atoms with van der Waals surface area (Å²) < 4.78 is 6.12. The number of hydrogen-bond acceptors (Lipinski definition) is 5. The fraction of sp³-hybridized carbons (Fsp3) is 0.933. The van der Waals surface area contributed by atoms with Crippen LogP contribution in [0.1, 0.15) is 25.7 Å². The first-order valence-corrected chi connectivity index (χ1v) is 8.98. The Hall–Kier alpha value is -0.300. The summed E-state index contributed by atoms with van der Waals surface area (Å²) >= 11 is 2.00. The van der Waals surface area contributed by atoms with E-state index in [2.05, 4.69) is 9.80 Å². The smallest absolute Gasteiger partial charge is 0.317 e. The van der Waals surface area contributed by atoms with Crippen LogP contribution in [0.4, 0.5) is 0 Å². The number of likely N-dealkylation sites (N-methyl/N-ethyl adjacent to an activating group) is 1. The zero-order valence-electron chi connectivity index (χ0n) is 13.2. The van der Waals surface area contributed by atoms with E-state index in [0.29, 0.717) is 6.04 Å². The number of ether oxygens (including phenoxy) is 1. The molecule has 2 aliphatic heterocycles. The Balaban J connectivity index is 1.98. The first-order valence-electron chi connectivity index (χ1n) is 7.83. The predicted octanol–water partition coefficient (Wildman–Crippen LogP) is 1.38. The number of thioether (sulfide) groups is 1. The molecule has 2 saturated heterocycles. The molecule has 1 atom stereocenters. The lowest BCUT2D eigenvalue weighted by atomic mass is 9.85. The maximum absolute atomic E-state index is 11.2. The average Bonchev–Trinajstić information content (AvgIpc) is 2.44. The lowest BCUT2D eigenvalue weighted by Crippen LogP contribution is -2.52. The van der Waals surface area contributed by atoms with E-state index in [4.69, 9.17) is 4.74 Å². The Bertz CT molecular complexity index is 340. The van der Waals surface area contributed by atoms with E-state index in [-0.39, 0.29) is 12.1 Å². The van der Waals surface area contributed by atoms with Crippen LogP contribution in [0.25, 0.3) is 0 Å². The van der Waals surface area contributed by atoms with Gasteiger partial charge in [0.25, 0.3) is 0 Å². The standard InChI is InChI=1S/C15H28N2O3S/c1-16(2)6-7-17(12-14(18)19)13-3-8-20-15(11-13)4-9-21-10-5-15/h13H,3-12H2,1-2H3,(H,18,19). The third-order valence-corrected chi connectivity index (χ3v) is 5.55. The van der Waals surface area contributed by atoms with E-state index in [1.807, 2.05) is 25.9 Å². The van der Waals surface area contributed by atoms with Gasteiger partial charge in [0, 0.05) is 25.7 Å². The third-order valence-electron chi connectivity index (χ3n) is 4.56. The SMILES string of the molecule is CN(C)CCN(CC(=O)O)C1CCOC2(CCSCC2)C1. The van der Waals surface area contributed by atoms with E-state index in [1.165, 1.54) is 11.5 Å². The molecule has 0 bridgehead atoms. The number of carboxylic acids is 1. The molecule has 6 heteroatoms. The van der Waals surface area contributed by atoms with Crippen LogP contribution in [0.5, 0.6) is 0 Å². The molecule has 21 heavy (non-hydrogen) atoms. The van der Waals surface area contributed by atoms with Crippen molar-refractivity contribution < 1.29 is 14.6 Å². The highest BCUT2D eigenvalue weighted by Gasteiger charge is 2.40. The molecule has 5 nitrogen and oxygen atoms in total. The Morgan fingerprint density at radius 1 is 1.33 bits per heavy atom. The van der Waals surface area contributed by atoms with Crippen molar-refractivity contribution >= 4 is 17.7 Å². The van der Waals surface area contributed by atoms with Crippen LogP contribution >= 0.6 is 11.8 Å². The van der Waals surface area contributed by atoms with Crippen LogP contribution in [-0.2, 0) is 9.53 Å². The minimum absolute atomic E-state index is 0.0169. The predicted molar refractivity (Wildman–Crippen MR) is 86.0 cm³/mol. The number of carbonyl (C=O) groups is 1. The van der Waals surface area contributed by atoms with Crippen LogP contribution in [0.3, 0.4) is 0 Å². The molecule has 0 saturated carbocycles. The Morgan fingerprint density at radius 2 is 2.05 bits per heavy atom. The summed E-state index contributed by atoms with van der Waals surface area (Å²) in [7, 11) is 4.06. The van der Waals surface area contributed by atoms with Crippen LogP contribution in [0.15, 0.2) is 0 Å². The molecule has 0 aromatic heterocycles. The second-order valence-electron chi connectivity index (χ2n) is 6.46. The van der Waals surface area contributed by atoms with Gasteiger partial charge in [-0.1, -0.05) is 0 Å². The Morgan fingerprint density at radius 3 is 2.67 bits per heavy atom. The first-order chi connectivity index (χ1) is 10.0. The number of rotatable bonds is 6. The monoisotopic (exact) mass is 316 g/mol. The number of hydrogen-bond donors (Lipinski definition) is 1. The molecule has 1 N–H and O–H groups in total. The summed E-state index contributed by atoms with van der Waals surface area (Å²) in [6.45, 7) is 2.62. The number of nitrogens with zero attached hydrogens (tertiary/aromatic N) is 2. The zero-order valence-corrected chi connectivity index (χ0v) is 14.0. The maximum atomic E-state index is 11.2. The van der Waals surface area contributed by atoms with Gasteiger partial charge in [-0.3, -0.25) is 9.69 Å². The number of carboxylic acid groups (broad SMARTS) is 1. The summed E-state index contributed by atoms with van der Waals surface area (Å²) in [5.74, 6) is 1.61. The maximum Gasteiger partial charge on any atom is 0.317 e. The first kappa shape index (κ1) is 17.1. The molecule has 1 unspecified atom stereocenters. The lowest BCUT2D eigenvalue weighted by molar-refractivity contribution is -0.143.